The molecular weight excluding hydrogens is 593 g/mol. The van der Waals surface area contributed by atoms with Crippen LogP contribution in [0.1, 0.15) is 46.7 Å². The zero-order valence-electron chi connectivity index (χ0n) is 22.5. The van der Waals surface area contributed by atoms with Gasteiger partial charge in [0.05, 0.1) is 11.0 Å². The lowest BCUT2D eigenvalue weighted by Gasteiger charge is -2.24. The molecule has 13 heteroatoms. The fourth-order valence-corrected chi connectivity index (χ4v) is 5.80. The summed E-state index contributed by atoms with van der Waals surface area (Å²) in [4.78, 5) is 26.1. The van der Waals surface area contributed by atoms with Crippen LogP contribution in [0.4, 0.5) is 13.2 Å². The number of carbonyl (C=O) groups excluding carboxylic acids is 1. The van der Waals surface area contributed by atoms with Crippen molar-refractivity contribution in [1.82, 2.24) is 14.9 Å². The van der Waals surface area contributed by atoms with E-state index in [1.807, 2.05) is 47.9 Å². The summed E-state index contributed by atoms with van der Waals surface area (Å²) in [6.07, 6.45) is -1.50. The molecule has 1 aliphatic rings. The number of nitrogens with one attached hydrogen (secondary N) is 1. The third-order valence-electron chi connectivity index (χ3n) is 6.79. The predicted molar refractivity (Wildman–Crippen MR) is 156 cm³/mol. The molecule has 0 aliphatic carbocycles. The molecule has 0 unspecified atom stereocenters. The van der Waals surface area contributed by atoms with E-state index in [2.05, 4.69) is 29.0 Å². The number of carboxylic acids is 1. The second kappa shape index (κ2) is 13.0. The molecule has 4 aromatic rings. The summed E-state index contributed by atoms with van der Waals surface area (Å²) in [5.41, 5.74) is 10.6. The molecule has 2 aromatic heterocycles. The summed E-state index contributed by atoms with van der Waals surface area (Å²) < 4.78 is 39.9. The molecule has 1 saturated heterocycles. The van der Waals surface area contributed by atoms with Gasteiger partial charge in [-0.25, -0.2) is 9.78 Å². The monoisotopic (exact) mass is 620 g/mol. The van der Waals surface area contributed by atoms with Crippen molar-refractivity contribution in [3.8, 4) is 10.8 Å². The van der Waals surface area contributed by atoms with Gasteiger partial charge in [-0.2, -0.15) is 13.2 Å². The Labute approximate surface area is 248 Å². The van der Waals surface area contributed by atoms with E-state index in [0.29, 0.717) is 21.6 Å². The smallest absolute Gasteiger partial charge is 0.484 e. The van der Waals surface area contributed by atoms with Gasteiger partial charge < -0.3 is 20.9 Å². The minimum Gasteiger partial charge on any atom is -0.484 e. The number of carboxylic acid groups (broad SMARTS) is 1. The van der Waals surface area contributed by atoms with Crippen molar-refractivity contribution in [3.63, 3.8) is 0 Å². The number of aliphatic carboxylic acids is 1. The Morgan fingerprint density at radius 3 is 2.50 bits per heavy atom. The van der Waals surface area contributed by atoms with Gasteiger partial charge in [-0.15, -0.1) is 11.3 Å². The van der Waals surface area contributed by atoms with E-state index in [9.17, 15) is 18.0 Å². The highest BCUT2D eigenvalue weighted by Gasteiger charge is 2.38. The number of aromatic nitrogens is 2. The third-order valence-corrected chi connectivity index (χ3v) is 8.26. The lowest BCUT2D eigenvalue weighted by atomic mass is 9.87. The normalized spacial score (nSPS) is 14.6. The molecule has 3 heterocycles. The van der Waals surface area contributed by atoms with Crippen LogP contribution in [-0.2, 0) is 4.79 Å². The standard InChI is InChI=1S/C27H27ClN4O2S.C2HF3O2/c1-16(18-9-11-30-12-10-18)19-7-8-22-23(13-19)32(15-31-22)25-14-24(26(35-25)27(29)33)34-17(2)20-5-3-4-6-21(20)28;3-2(4,5)1(6)7/h3-8,13-15,17-18,30H,1,9-12H2,2H3,(H2,29,33);(H,6,7)/t17-;/m1./s1. The summed E-state index contributed by atoms with van der Waals surface area (Å²) in [7, 11) is 0. The molecule has 0 saturated carbocycles. The van der Waals surface area contributed by atoms with Crippen molar-refractivity contribution in [3.05, 3.63) is 82.5 Å². The maximum Gasteiger partial charge on any atom is 0.490 e. The molecular formula is C29H28ClF3N4O4S. The number of rotatable bonds is 7. The summed E-state index contributed by atoms with van der Waals surface area (Å²) in [5.74, 6) is -2.39. The molecule has 222 valence electrons. The van der Waals surface area contributed by atoms with Crippen molar-refractivity contribution >= 4 is 51.4 Å². The van der Waals surface area contributed by atoms with E-state index in [-0.39, 0.29) is 6.10 Å². The number of halogens is 4. The Morgan fingerprint density at radius 2 is 1.88 bits per heavy atom. The number of carbonyl (C=O) groups is 2. The number of hydrogen-bond donors (Lipinski definition) is 3. The van der Waals surface area contributed by atoms with E-state index in [0.717, 1.165) is 58.7 Å². The zero-order chi connectivity index (χ0) is 30.6. The van der Waals surface area contributed by atoms with Crippen LogP contribution in [0.3, 0.4) is 0 Å². The van der Waals surface area contributed by atoms with Gasteiger partial charge in [0.1, 0.15) is 28.1 Å². The van der Waals surface area contributed by atoms with Crippen LogP contribution in [-0.4, -0.2) is 45.8 Å². The Balaban J connectivity index is 0.000000517. The van der Waals surface area contributed by atoms with Crippen molar-refractivity contribution in [2.45, 2.75) is 32.0 Å². The number of fused-ring (bicyclic) bond motifs is 1. The lowest BCUT2D eigenvalue weighted by Crippen LogP contribution is -2.28. The number of hydrogen-bond acceptors (Lipinski definition) is 6. The molecule has 5 rings (SSSR count). The number of nitrogens with two attached hydrogens (primary N) is 1. The number of allylic oxidation sites excluding steroid dienone is 1. The highest BCUT2D eigenvalue weighted by atomic mass is 35.5. The minimum absolute atomic E-state index is 0.357. The fraction of sp³-hybridized carbons (Fsp3) is 0.276. The van der Waals surface area contributed by atoms with Crippen LogP contribution in [0.5, 0.6) is 5.75 Å². The second-order valence-corrected chi connectivity index (χ2v) is 11.0. The van der Waals surface area contributed by atoms with Crippen LogP contribution in [0.2, 0.25) is 5.02 Å². The van der Waals surface area contributed by atoms with Crippen LogP contribution in [0, 0.1) is 5.92 Å². The number of benzene rings is 2. The zero-order valence-corrected chi connectivity index (χ0v) is 24.0. The largest absolute Gasteiger partial charge is 0.490 e. The van der Waals surface area contributed by atoms with Crippen LogP contribution in [0.25, 0.3) is 21.6 Å². The first-order chi connectivity index (χ1) is 19.9. The number of alkyl halides is 3. The second-order valence-electron chi connectivity index (χ2n) is 9.59. The summed E-state index contributed by atoms with van der Waals surface area (Å²) in [6.45, 7) is 8.34. The van der Waals surface area contributed by atoms with Gasteiger partial charge in [-0.1, -0.05) is 42.4 Å². The quantitative estimate of drug-likeness (QED) is 0.213. The molecule has 1 fully saturated rings. The van der Waals surface area contributed by atoms with Gasteiger partial charge in [0.2, 0.25) is 0 Å². The van der Waals surface area contributed by atoms with Crippen LogP contribution < -0.4 is 15.8 Å². The summed E-state index contributed by atoms with van der Waals surface area (Å²) in [5, 5.41) is 11.9. The Kier molecular flexibility index (Phi) is 9.60. The highest BCUT2D eigenvalue weighted by molar-refractivity contribution is 7.16. The summed E-state index contributed by atoms with van der Waals surface area (Å²) >= 11 is 7.63. The SMILES string of the molecule is C=C(c1ccc2ncn(-c3cc(O[C@H](C)c4ccccc4Cl)c(C(N)=O)s3)c2c1)C1CCNCC1.O=C(O)C(F)(F)F. The van der Waals surface area contributed by atoms with Crippen molar-refractivity contribution in [2.24, 2.45) is 11.7 Å². The van der Waals surface area contributed by atoms with Crippen LogP contribution >= 0.6 is 22.9 Å². The minimum atomic E-state index is -5.08. The Bertz CT molecular complexity index is 1610. The Morgan fingerprint density at radius 1 is 1.21 bits per heavy atom. The molecule has 0 radical (unpaired) electrons. The molecule has 1 aliphatic heterocycles. The lowest BCUT2D eigenvalue weighted by molar-refractivity contribution is -0.192. The fourth-order valence-electron chi connectivity index (χ4n) is 4.59. The highest BCUT2D eigenvalue weighted by Crippen LogP contribution is 2.38. The molecule has 0 spiro atoms. The van der Waals surface area contributed by atoms with Crippen molar-refractivity contribution in [2.75, 3.05) is 13.1 Å². The first kappa shape index (κ1) is 31.1. The van der Waals surface area contributed by atoms with Gasteiger partial charge >= 0.3 is 12.1 Å². The van der Waals surface area contributed by atoms with Gasteiger partial charge in [-0.3, -0.25) is 9.36 Å². The first-order valence-corrected chi connectivity index (χ1v) is 14.1. The van der Waals surface area contributed by atoms with Gasteiger partial charge in [-0.05, 0) is 68.1 Å². The third kappa shape index (κ3) is 7.12. The number of piperidine rings is 1. The van der Waals surface area contributed by atoms with E-state index in [1.54, 1.807) is 6.33 Å². The number of thiophene rings is 1. The van der Waals surface area contributed by atoms with Crippen LogP contribution in [0.15, 0.2) is 61.4 Å². The molecule has 42 heavy (non-hydrogen) atoms. The molecule has 2 aromatic carbocycles. The Hall–Kier alpha value is -3.87. The number of ether oxygens (including phenoxy) is 1. The molecule has 0 bridgehead atoms. The van der Waals surface area contributed by atoms with Crippen molar-refractivity contribution < 1.29 is 32.6 Å². The average Bonchev–Trinajstić information content (AvgIpc) is 3.57. The van der Waals surface area contributed by atoms with Gasteiger partial charge in [0, 0.05) is 16.7 Å². The van der Waals surface area contributed by atoms with Gasteiger partial charge in [0.15, 0.2) is 0 Å². The topological polar surface area (TPSA) is 119 Å². The van der Waals surface area contributed by atoms with Gasteiger partial charge in [0.25, 0.3) is 5.91 Å². The molecule has 4 N–H and O–H groups in total. The van der Waals surface area contributed by atoms with Crippen molar-refractivity contribution in [1.29, 1.82) is 0 Å². The number of nitrogens with zero attached hydrogens (tertiary/aromatic N) is 2. The average molecular weight is 621 g/mol. The molecule has 8 nitrogen and oxygen atoms in total. The number of primary amides is 1. The van der Waals surface area contributed by atoms with E-state index in [1.165, 1.54) is 11.3 Å². The number of imidazole rings is 1. The summed E-state index contributed by atoms with van der Waals surface area (Å²) in [6, 6.07) is 15.6. The number of amides is 1. The maximum absolute atomic E-state index is 12.3. The predicted octanol–water partition coefficient (Wildman–Crippen LogP) is 6.63. The van der Waals surface area contributed by atoms with E-state index >= 15 is 0 Å². The first-order valence-electron chi connectivity index (χ1n) is 12.9. The molecule has 1 amide bonds. The molecule has 1 atom stereocenters. The van der Waals surface area contributed by atoms with E-state index < -0.39 is 18.1 Å². The maximum atomic E-state index is 12.3. The van der Waals surface area contributed by atoms with E-state index in [4.69, 9.17) is 32.0 Å².